The average molecular weight is 466 g/mol. The van der Waals surface area contributed by atoms with Crippen LogP contribution in [-0.4, -0.2) is 44.0 Å². The van der Waals surface area contributed by atoms with Crippen LogP contribution in [0.5, 0.6) is 0 Å². The highest BCUT2D eigenvalue weighted by Gasteiger charge is 2.30. The van der Waals surface area contributed by atoms with Gasteiger partial charge in [0.1, 0.15) is 6.54 Å². The number of carbonyl (C=O) groups excluding carboxylic acids is 1. The number of aryl methyl sites for hydroxylation is 2. The molecule has 0 aliphatic rings. The molecule has 3 aromatic carbocycles. The second-order valence-electron chi connectivity index (χ2n) is 7.88. The lowest BCUT2D eigenvalue weighted by atomic mass is 9.75. The molecule has 0 aromatic heterocycles. The Morgan fingerprint density at radius 2 is 1.58 bits per heavy atom. The molecule has 7 nitrogen and oxygen atoms in total. The number of rotatable bonds is 9. The Balaban J connectivity index is 1.84. The molecule has 0 radical (unpaired) electrons. The van der Waals surface area contributed by atoms with Gasteiger partial charge in [-0.15, -0.1) is 0 Å². The molecule has 0 heterocycles. The zero-order valence-electron chi connectivity index (χ0n) is 18.5. The molecule has 0 fully saturated rings. The Hall–Kier alpha value is -3.14. The second kappa shape index (κ2) is 10.7. The predicted molar refractivity (Wildman–Crippen MR) is 129 cm³/mol. The lowest BCUT2D eigenvalue weighted by molar-refractivity contribution is -0.120. The number of nitrogens with zero attached hydrogens (tertiary/aromatic N) is 1. The molecule has 3 N–H and O–H groups in total. The second-order valence-corrected chi connectivity index (χ2v) is 9.74. The molecule has 9 heteroatoms. The van der Waals surface area contributed by atoms with Crippen LogP contribution in [0.3, 0.4) is 0 Å². The highest BCUT2D eigenvalue weighted by molar-refractivity contribution is 7.92. The van der Waals surface area contributed by atoms with Gasteiger partial charge in [0.15, 0.2) is 0 Å². The first-order valence-corrected chi connectivity index (χ1v) is 12.0. The van der Waals surface area contributed by atoms with Gasteiger partial charge in [0, 0.05) is 0 Å². The smallest absolute Gasteiger partial charge is 0.426 e. The monoisotopic (exact) mass is 466 g/mol. The van der Waals surface area contributed by atoms with Crippen molar-refractivity contribution in [1.82, 2.24) is 5.32 Å². The summed E-state index contributed by atoms with van der Waals surface area (Å²) in [5.41, 5.74) is 3.22. The summed E-state index contributed by atoms with van der Waals surface area (Å²) in [7, 11) is -5.84. The van der Waals surface area contributed by atoms with E-state index in [1.54, 1.807) is 48.5 Å². The van der Waals surface area contributed by atoms with Crippen LogP contribution in [0, 0.1) is 13.8 Å². The van der Waals surface area contributed by atoms with Crippen LogP contribution in [0.15, 0.2) is 83.8 Å². The number of hydrogen-bond acceptors (Lipinski definition) is 5. The Morgan fingerprint density at radius 3 is 2.15 bits per heavy atom. The van der Waals surface area contributed by atoms with Gasteiger partial charge >= 0.3 is 7.12 Å². The third kappa shape index (κ3) is 6.22. The van der Waals surface area contributed by atoms with Crippen LogP contribution in [0.4, 0.5) is 5.69 Å². The van der Waals surface area contributed by atoms with Crippen LogP contribution in [0.2, 0.25) is 0 Å². The summed E-state index contributed by atoms with van der Waals surface area (Å²) in [5.74, 6) is -1.66. The number of para-hydroxylation sites is 1. The molecule has 172 valence electrons. The third-order valence-electron chi connectivity index (χ3n) is 5.31. The number of hydrogen-bond donors (Lipinski definition) is 3. The largest absolute Gasteiger partial charge is 0.475 e. The Labute approximate surface area is 194 Å². The zero-order chi connectivity index (χ0) is 24.0. The molecule has 1 unspecified atom stereocenters. The van der Waals surface area contributed by atoms with Gasteiger partial charge in [0.25, 0.3) is 10.0 Å². The van der Waals surface area contributed by atoms with E-state index in [1.807, 2.05) is 32.0 Å². The van der Waals surface area contributed by atoms with E-state index in [0.717, 1.165) is 21.0 Å². The van der Waals surface area contributed by atoms with Crippen molar-refractivity contribution in [3.8, 4) is 0 Å². The molecule has 0 saturated carbocycles. The fourth-order valence-electron chi connectivity index (χ4n) is 3.55. The van der Waals surface area contributed by atoms with Crippen LogP contribution in [0.25, 0.3) is 0 Å². The van der Waals surface area contributed by atoms with Crippen molar-refractivity contribution in [1.29, 1.82) is 0 Å². The van der Waals surface area contributed by atoms with E-state index in [0.29, 0.717) is 5.69 Å². The topological polar surface area (TPSA) is 107 Å². The fraction of sp³-hybridized carbons (Fsp3) is 0.208. The SMILES string of the molecule is Cc1ccc(CC(NC(=O)CN(c2ccccc2)S(=O)(=O)c2ccccc2)B(O)O)c(C)c1. The van der Waals surface area contributed by atoms with Crippen molar-refractivity contribution >= 4 is 28.7 Å². The third-order valence-corrected chi connectivity index (χ3v) is 7.09. The summed E-state index contributed by atoms with van der Waals surface area (Å²) < 4.78 is 27.6. The molecule has 1 atom stereocenters. The molecular formula is C24H27BN2O5S. The molecule has 0 aliphatic heterocycles. The molecular weight excluding hydrogens is 439 g/mol. The maximum atomic E-state index is 13.3. The first kappa shape index (κ1) is 24.5. The predicted octanol–water partition coefficient (Wildman–Crippen LogP) is 2.24. The molecule has 0 saturated heterocycles. The Bertz CT molecular complexity index is 1190. The summed E-state index contributed by atoms with van der Waals surface area (Å²) in [5, 5.41) is 22.3. The van der Waals surface area contributed by atoms with Gasteiger partial charge in [-0.25, -0.2) is 8.42 Å². The van der Waals surface area contributed by atoms with Crippen LogP contribution < -0.4 is 9.62 Å². The number of benzene rings is 3. The molecule has 0 aliphatic carbocycles. The van der Waals surface area contributed by atoms with E-state index >= 15 is 0 Å². The van der Waals surface area contributed by atoms with Gasteiger partial charge in [0.2, 0.25) is 5.91 Å². The van der Waals surface area contributed by atoms with E-state index in [9.17, 15) is 23.3 Å². The van der Waals surface area contributed by atoms with E-state index in [4.69, 9.17) is 0 Å². The molecule has 0 spiro atoms. The fourth-order valence-corrected chi connectivity index (χ4v) is 5.00. The number of carbonyl (C=O) groups is 1. The summed E-state index contributed by atoms with van der Waals surface area (Å²) in [6.45, 7) is 3.36. The van der Waals surface area contributed by atoms with E-state index in [2.05, 4.69) is 5.32 Å². The lowest BCUT2D eigenvalue weighted by Gasteiger charge is -2.26. The van der Waals surface area contributed by atoms with Gasteiger partial charge in [-0.3, -0.25) is 9.10 Å². The first-order chi connectivity index (χ1) is 15.7. The normalized spacial score (nSPS) is 12.1. The van der Waals surface area contributed by atoms with Crippen molar-refractivity contribution in [2.45, 2.75) is 31.1 Å². The van der Waals surface area contributed by atoms with Gasteiger partial charge < -0.3 is 15.4 Å². The maximum Gasteiger partial charge on any atom is 0.475 e. The van der Waals surface area contributed by atoms with Crippen LogP contribution >= 0.6 is 0 Å². The summed E-state index contributed by atoms with van der Waals surface area (Å²) in [6, 6.07) is 21.9. The van der Waals surface area contributed by atoms with Crippen LogP contribution in [0.1, 0.15) is 16.7 Å². The van der Waals surface area contributed by atoms with Crippen LogP contribution in [-0.2, 0) is 21.2 Å². The number of sulfonamides is 1. The maximum absolute atomic E-state index is 13.3. The van der Waals surface area contributed by atoms with Gasteiger partial charge in [-0.2, -0.15) is 0 Å². The van der Waals surface area contributed by atoms with Crippen molar-refractivity contribution in [2.75, 3.05) is 10.8 Å². The minimum absolute atomic E-state index is 0.0516. The van der Waals surface area contributed by atoms with Gasteiger partial charge in [0.05, 0.1) is 16.5 Å². The average Bonchev–Trinajstić information content (AvgIpc) is 2.79. The first-order valence-electron chi connectivity index (χ1n) is 10.5. The number of anilines is 1. The molecule has 3 aromatic rings. The quantitative estimate of drug-likeness (QED) is 0.420. The van der Waals surface area contributed by atoms with Crippen molar-refractivity contribution in [3.05, 3.63) is 95.6 Å². The Kier molecular flexibility index (Phi) is 7.91. The minimum Gasteiger partial charge on any atom is -0.426 e. The molecule has 0 bridgehead atoms. The van der Waals surface area contributed by atoms with Gasteiger partial charge in [-0.1, -0.05) is 60.2 Å². The zero-order valence-corrected chi connectivity index (χ0v) is 19.4. The summed E-state index contributed by atoms with van der Waals surface area (Å²) in [6.07, 6.45) is 0.187. The van der Waals surface area contributed by atoms with E-state index in [-0.39, 0.29) is 11.3 Å². The van der Waals surface area contributed by atoms with E-state index in [1.165, 1.54) is 12.1 Å². The standard InChI is InChI=1S/C24H27BN2O5S/c1-18-13-14-20(19(2)15-18)16-23(25(29)30)26-24(28)17-27(21-9-5-3-6-10-21)33(31,32)22-11-7-4-8-12-22/h3-15,23,29-30H,16-17H2,1-2H3,(H,26,28). The Morgan fingerprint density at radius 1 is 0.970 bits per heavy atom. The van der Waals surface area contributed by atoms with E-state index < -0.39 is 35.5 Å². The van der Waals surface area contributed by atoms with Gasteiger partial charge in [-0.05, 0) is 55.7 Å². The summed E-state index contributed by atoms with van der Waals surface area (Å²) >= 11 is 0. The number of amides is 1. The molecule has 3 rings (SSSR count). The minimum atomic E-state index is -4.03. The lowest BCUT2D eigenvalue weighted by Crippen LogP contribution is -2.51. The molecule has 1 amide bonds. The highest BCUT2D eigenvalue weighted by Crippen LogP contribution is 2.23. The molecule has 33 heavy (non-hydrogen) atoms. The van der Waals surface area contributed by atoms with Crippen molar-refractivity contribution in [2.24, 2.45) is 0 Å². The van der Waals surface area contributed by atoms with Crippen molar-refractivity contribution in [3.63, 3.8) is 0 Å². The number of nitrogens with one attached hydrogen (secondary N) is 1. The summed E-state index contributed by atoms with van der Waals surface area (Å²) in [4.78, 5) is 13.0. The van der Waals surface area contributed by atoms with Crippen molar-refractivity contribution < 1.29 is 23.3 Å². The highest BCUT2D eigenvalue weighted by atomic mass is 32.2.